The second-order valence-electron chi connectivity index (χ2n) is 13.0. The molecule has 2 aromatic rings. The number of carbonyl (C=O) groups excluding carboxylic acids is 3. The molecule has 2 heterocycles. The van der Waals surface area contributed by atoms with Crippen LogP contribution in [-0.4, -0.2) is 99.7 Å². The molecule has 2 aliphatic heterocycles. The molecule has 0 bridgehead atoms. The zero-order chi connectivity index (χ0) is 31.0. The van der Waals surface area contributed by atoms with E-state index in [1.165, 1.54) is 0 Å². The molecular formula is C34H50N5O4+. The zero-order valence-electron chi connectivity index (χ0n) is 26.5. The minimum atomic E-state index is -0.664. The molecule has 1 unspecified atom stereocenters. The average molecular weight is 593 g/mol. The molecule has 3 N–H and O–H groups in total. The lowest BCUT2D eigenvalue weighted by molar-refractivity contribution is -0.871. The monoisotopic (exact) mass is 592 g/mol. The molecule has 4 rings (SSSR count). The van der Waals surface area contributed by atoms with Gasteiger partial charge in [0, 0.05) is 19.0 Å². The van der Waals surface area contributed by atoms with Gasteiger partial charge in [-0.2, -0.15) is 0 Å². The van der Waals surface area contributed by atoms with Gasteiger partial charge in [0.05, 0.1) is 40.8 Å². The zero-order valence-corrected chi connectivity index (χ0v) is 26.5. The van der Waals surface area contributed by atoms with Gasteiger partial charge in [-0.15, -0.1) is 0 Å². The van der Waals surface area contributed by atoms with Crippen LogP contribution in [0, 0.1) is 5.92 Å². The summed E-state index contributed by atoms with van der Waals surface area (Å²) in [5.41, 5.74) is 2.16. The number of fused-ring (bicyclic) bond motifs is 1. The van der Waals surface area contributed by atoms with Crippen molar-refractivity contribution in [2.45, 2.75) is 69.1 Å². The Bertz CT molecular complexity index is 1210. The summed E-state index contributed by atoms with van der Waals surface area (Å²) in [6.45, 7) is 1.38. The van der Waals surface area contributed by atoms with Crippen LogP contribution >= 0.6 is 0 Å². The Morgan fingerprint density at radius 1 is 0.977 bits per heavy atom. The van der Waals surface area contributed by atoms with Crippen molar-refractivity contribution in [3.63, 3.8) is 0 Å². The normalized spacial score (nSPS) is 22.8. The smallest absolute Gasteiger partial charge is 0.246 e. The van der Waals surface area contributed by atoms with Crippen LogP contribution in [0.15, 0.2) is 54.6 Å². The molecule has 2 fully saturated rings. The van der Waals surface area contributed by atoms with E-state index in [1.807, 2.05) is 59.5 Å². The lowest BCUT2D eigenvalue weighted by Gasteiger charge is -2.33. The molecule has 9 nitrogen and oxygen atoms in total. The van der Waals surface area contributed by atoms with Crippen molar-refractivity contribution in [1.82, 2.24) is 20.9 Å². The Morgan fingerprint density at radius 3 is 2.33 bits per heavy atom. The highest BCUT2D eigenvalue weighted by atomic mass is 16.5. The van der Waals surface area contributed by atoms with Crippen LogP contribution in [0.2, 0.25) is 0 Å². The first-order chi connectivity index (χ1) is 20.6. The van der Waals surface area contributed by atoms with Gasteiger partial charge in [0.15, 0.2) is 0 Å². The minimum absolute atomic E-state index is 0.00687. The maximum Gasteiger partial charge on any atom is 0.246 e. The van der Waals surface area contributed by atoms with Gasteiger partial charge in [0.25, 0.3) is 0 Å². The molecule has 2 saturated heterocycles. The predicted octanol–water partition coefficient (Wildman–Crippen LogP) is 2.54. The molecule has 2 aliphatic rings. The SMILES string of the molecule is CN[C@H](Cc1ccccc1)C(=O)NC1C(=O)N2[C@@H](CC[C@@H]1CC[N+](C)(C)C)CC[C@H]2C(=O)NCCc1ccc(OC)cc1. The van der Waals surface area contributed by atoms with Crippen molar-refractivity contribution >= 4 is 17.7 Å². The number of benzene rings is 2. The summed E-state index contributed by atoms with van der Waals surface area (Å²) in [7, 11) is 9.86. The van der Waals surface area contributed by atoms with Crippen LogP contribution in [0.25, 0.3) is 0 Å². The van der Waals surface area contributed by atoms with E-state index in [4.69, 9.17) is 4.74 Å². The molecule has 0 aliphatic carbocycles. The molecule has 0 aromatic heterocycles. The Balaban J connectivity index is 1.47. The van der Waals surface area contributed by atoms with Crippen molar-refractivity contribution < 1.29 is 23.6 Å². The molecule has 0 spiro atoms. The Kier molecular flexibility index (Phi) is 11.2. The molecular weight excluding hydrogens is 542 g/mol. The second kappa shape index (κ2) is 14.8. The summed E-state index contributed by atoms with van der Waals surface area (Å²) < 4.78 is 6.01. The fourth-order valence-corrected chi connectivity index (χ4v) is 6.41. The lowest BCUT2D eigenvalue weighted by Crippen LogP contribution is -2.58. The standard InChI is InChI=1S/C34H49N5O4/c1-35-29(23-25-9-7-6-8-10-25)32(40)37-31-26(20-22-39(2,3)4)13-14-27-15-18-30(38(27)34(31)42)33(41)36-21-19-24-11-16-28(43-5)17-12-24/h6-12,16-17,26-27,29-31,35H,13-15,18-23H2,1-5H3,(H-,36,37,40,41)/p+1/t26-,27+,29-,30+,31?/m1/s1. The first-order valence-corrected chi connectivity index (χ1v) is 15.6. The molecule has 2 aromatic carbocycles. The van der Waals surface area contributed by atoms with Crippen molar-refractivity contribution in [3.05, 3.63) is 65.7 Å². The molecule has 234 valence electrons. The van der Waals surface area contributed by atoms with E-state index in [0.29, 0.717) is 25.8 Å². The summed E-state index contributed by atoms with van der Waals surface area (Å²) in [5.74, 6) is 0.388. The van der Waals surface area contributed by atoms with E-state index < -0.39 is 18.1 Å². The van der Waals surface area contributed by atoms with Gasteiger partial charge in [0.1, 0.15) is 17.8 Å². The molecule has 43 heavy (non-hydrogen) atoms. The van der Waals surface area contributed by atoms with Gasteiger partial charge >= 0.3 is 0 Å². The Labute approximate surface area is 256 Å². The lowest BCUT2D eigenvalue weighted by atomic mass is 9.89. The third-order valence-electron chi connectivity index (χ3n) is 8.96. The van der Waals surface area contributed by atoms with E-state index in [-0.39, 0.29) is 29.7 Å². The number of methoxy groups -OCH3 is 1. The molecule has 0 radical (unpaired) electrons. The minimum Gasteiger partial charge on any atom is -0.497 e. The van der Waals surface area contributed by atoms with Crippen molar-refractivity contribution in [3.8, 4) is 5.75 Å². The molecule has 3 amide bonds. The van der Waals surface area contributed by atoms with Crippen LogP contribution in [-0.2, 0) is 27.2 Å². The van der Waals surface area contributed by atoms with Gasteiger partial charge < -0.3 is 30.1 Å². The number of hydrogen-bond acceptors (Lipinski definition) is 5. The van der Waals surface area contributed by atoms with Gasteiger partial charge in [0.2, 0.25) is 17.7 Å². The van der Waals surface area contributed by atoms with Crippen LogP contribution in [0.3, 0.4) is 0 Å². The summed E-state index contributed by atoms with van der Waals surface area (Å²) in [6, 6.07) is 16.1. The van der Waals surface area contributed by atoms with Gasteiger partial charge in [-0.25, -0.2) is 0 Å². The van der Waals surface area contributed by atoms with E-state index >= 15 is 0 Å². The van der Waals surface area contributed by atoms with Crippen molar-refractivity contribution in [2.24, 2.45) is 5.92 Å². The fourth-order valence-electron chi connectivity index (χ4n) is 6.41. The first kappa shape index (κ1) is 32.5. The number of nitrogens with one attached hydrogen (secondary N) is 3. The van der Waals surface area contributed by atoms with Crippen LogP contribution < -0.4 is 20.7 Å². The largest absolute Gasteiger partial charge is 0.497 e. The van der Waals surface area contributed by atoms with E-state index in [0.717, 1.165) is 53.6 Å². The average Bonchev–Trinajstić information content (AvgIpc) is 3.38. The summed E-state index contributed by atoms with van der Waals surface area (Å²) in [6.07, 6.45) is 5.17. The number of ether oxygens (including phenoxy) is 1. The van der Waals surface area contributed by atoms with Gasteiger partial charge in [-0.1, -0.05) is 42.5 Å². The summed E-state index contributed by atoms with van der Waals surface area (Å²) in [4.78, 5) is 43.2. The third-order valence-corrected chi connectivity index (χ3v) is 8.96. The first-order valence-electron chi connectivity index (χ1n) is 15.6. The quantitative estimate of drug-likeness (QED) is 0.311. The molecule has 9 heteroatoms. The highest BCUT2D eigenvalue weighted by Gasteiger charge is 2.47. The number of rotatable bonds is 13. The van der Waals surface area contributed by atoms with Crippen LogP contribution in [0.1, 0.15) is 43.2 Å². The highest BCUT2D eigenvalue weighted by molar-refractivity contribution is 5.94. The second-order valence-corrected chi connectivity index (χ2v) is 13.0. The van der Waals surface area contributed by atoms with Gasteiger partial charge in [-0.3, -0.25) is 14.4 Å². The van der Waals surface area contributed by atoms with Crippen molar-refractivity contribution in [1.29, 1.82) is 0 Å². The number of carbonyl (C=O) groups is 3. The Hall–Kier alpha value is -3.43. The molecule has 0 saturated carbocycles. The maximum absolute atomic E-state index is 14.3. The highest BCUT2D eigenvalue weighted by Crippen LogP contribution is 2.35. The number of quaternary nitrogens is 1. The number of likely N-dealkylation sites (N-methyl/N-ethyl adjacent to an activating group) is 1. The van der Waals surface area contributed by atoms with Gasteiger partial charge in [-0.05, 0) is 74.8 Å². The maximum atomic E-state index is 14.3. The Morgan fingerprint density at radius 2 is 1.67 bits per heavy atom. The summed E-state index contributed by atoms with van der Waals surface area (Å²) in [5, 5.41) is 9.40. The molecule has 5 atom stereocenters. The number of hydrogen-bond donors (Lipinski definition) is 3. The van der Waals surface area contributed by atoms with E-state index in [2.05, 4.69) is 37.1 Å². The fraction of sp³-hybridized carbons (Fsp3) is 0.559. The topological polar surface area (TPSA) is 99.8 Å². The van der Waals surface area contributed by atoms with E-state index in [9.17, 15) is 14.4 Å². The number of nitrogens with zero attached hydrogens (tertiary/aromatic N) is 2. The van der Waals surface area contributed by atoms with E-state index in [1.54, 1.807) is 14.2 Å². The third kappa shape index (κ3) is 8.80. The number of amides is 3. The van der Waals surface area contributed by atoms with Crippen molar-refractivity contribution in [2.75, 3.05) is 48.4 Å². The predicted molar refractivity (Wildman–Crippen MR) is 169 cm³/mol. The van der Waals surface area contributed by atoms with Crippen LogP contribution in [0.4, 0.5) is 0 Å². The summed E-state index contributed by atoms with van der Waals surface area (Å²) >= 11 is 0. The van der Waals surface area contributed by atoms with Crippen LogP contribution in [0.5, 0.6) is 5.75 Å².